The average molecular weight is 429 g/mol. The summed E-state index contributed by atoms with van der Waals surface area (Å²) in [6, 6.07) is 19.6. The predicted molar refractivity (Wildman–Crippen MR) is 127 cm³/mol. The number of carbonyl (C=O) groups is 1. The minimum absolute atomic E-state index is 0.162. The van der Waals surface area contributed by atoms with Gasteiger partial charge in [-0.15, -0.1) is 0 Å². The van der Waals surface area contributed by atoms with Crippen LogP contribution in [-0.4, -0.2) is 19.8 Å². The predicted octanol–water partition coefficient (Wildman–Crippen LogP) is 3.97. The van der Waals surface area contributed by atoms with Crippen molar-refractivity contribution in [3.05, 3.63) is 99.2 Å². The van der Waals surface area contributed by atoms with Crippen LogP contribution in [0.2, 0.25) is 0 Å². The van der Waals surface area contributed by atoms with Crippen molar-refractivity contribution in [1.82, 2.24) is 13.9 Å². The normalized spacial score (nSPS) is 11.1. The SMILES string of the molecule is CCc1c(-c2c(C)n(C)n(-c3ccccc3)c2=O)c(C(N)=O)c(C)n1Cc1ccccc1. The molecule has 2 heterocycles. The van der Waals surface area contributed by atoms with E-state index in [0.29, 0.717) is 29.7 Å². The largest absolute Gasteiger partial charge is 0.366 e. The topological polar surface area (TPSA) is 75.0 Å². The Morgan fingerprint density at radius 2 is 1.50 bits per heavy atom. The molecule has 2 aromatic carbocycles. The summed E-state index contributed by atoms with van der Waals surface area (Å²) in [5.41, 5.74) is 11.7. The molecule has 164 valence electrons. The lowest BCUT2D eigenvalue weighted by molar-refractivity contribution is 0.1000. The zero-order valence-corrected chi connectivity index (χ0v) is 18.9. The highest BCUT2D eigenvalue weighted by molar-refractivity contribution is 6.02. The monoisotopic (exact) mass is 428 g/mol. The summed E-state index contributed by atoms with van der Waals surface area (Å²) in [4.78, 5) is 26.3. The number of rotatable bonds is 6. The molecule has 32 heavy (non-hydrogen) atoms. The molecular weight excluding hydrogens is 400 g/mol. The Kier molecular flexibility index (Phi) is 5.61. The quantitative estimate of drug-likeness (QED) is 0.505. The molecule has 0 saturated carbocycles. The van der Waals surface area contributed by atoms with Crippen molar-refractivity contribution in [1.29, 1.82) is 0 Å². The van der Waals surface area contributed by atoms with Crippen LogP contribution in [0.4, 0.5) is 0 Å². The first kappa shape index (κ1) is 21.4. The van der Waals surface area contributed by atoms with Crippen LogP contribution in [-0.2, 0) is 20.0 Å². The van der Waals surface area contributed by atoms with Crippen LogP contribution in [0.15, 0.2) is 65.5 Å². The minimum Gasteiger partial charge on any atom is -0.366 e. The molecule has 0 radical (unpaired) electrons. The first-order valence-corrected chi connectivity index (χ1v) is 10.8. The second-order valence-electron chi connectivity index (χ2n) is 8.01. The molecule has 1 amide bonds. The van der Waals surface area contributed by atoms with Crippen LogP contribution in [0.1, 0.15) is 39.9 Å². The fourth-order valence-corrected chi connectivity index (χ4v) is 4.57. The molecule has 0 bridgehead atoms. The maximum atomic E-state index is 13.7. The van der Waals surface area contributed by atoms with Crippen LogP contribution in [0.25, 0.3) is 16.8 Å². The molecule has 0 aliphatic rings. The maximum absolute atomic E-state index is 13.7. The Morgan fingerprint density at radius 3 is 2.06 bits per heavy atom. The smallest absolute Gasteiger partial charge is 0.279 e. The number of nitrogens with two attached hydrogens (primary N) is 1. The van der Waals surface area contributed by atoms with Crippen molar-refractivity contribution in [2.24, 2.45) is 12.8 Å². The number of amides is 1. The van der Waals surface area contributed by atoms with E-state index in [0.717, 1.165) is 28.3 Å². The van der Waals surface area contributed by atoms with Gasteiger partial charge in [0.25, 0.3) is 11.5 Å². The Balaban J connectivity index is 2.02. The summed E-state index contributed by atoms with van der Waals surface area (Å²) in [7, 11) is 1.86. The maximum Gasteiger partial charge on any atom is 0.279 e. The summed E-state index contributed by atoms with van der Waals surface area (Å²) in [5, 5.41) is 0. The second-order valence-corrected chi connectivity index (χ2v) is 8.01. The first-order valence-electron chi connectivity index (χ1n) is 10.8. The molecular formula is C26H28N4O2. The van der Waals surface area contributed by atoms with E-state index >= 15 is 0 Å². The number of aromatic nitrogens is 3. The molecule has 6 nitrogen and oxygen atoms in total. The van der Waals surface area contributed by atoms with E-state index in [1.54, 1.807) is 4.68 Å². The molecule has 4 rings (SSSR count). The summed E-state index contributed by atoms with van der Waals surface area (Å²) >= 11 is 0. The van der Waals surface area contributed by atoms with Gasteiger partial charge in [0.15, 0.2) is 0 Å². The first-order chi connectivity index (χ1) is 15.4. The molecule has 0 aliphatic carbocycles. The van der Waals surface area contributed by atoms with Crippen molar-refractivity contribution >= 4 is 5.91 Å². The number of primary amides is 1. The molecule has 2 aromatic heterocycles. The lowest BCUT2D eigenvalue weighted by Gasteiger charge is -2.12. The minimum atomic E-state index is -0.520. The summed E-state index contributed by atoms with van der Waals surface area (Å²) in [6.45, 7) is 6.46. The van der Waals surface area contributed by atoms with Gasteiger partial charge in [-0.1, -0.05) is 55.5 Å². The Morgan fingerprint density at radius 1 is 0.906 bits per heavy atom. The van der Waals surface area contributed by atoms with Crippen LogP contribution < -0.4 is 11.3 Å². The highest BCUT2D eigenvalue weighted by Crippen LogP contribution is 2.34. The van der Waals surface area contributed by atoms with Crippen molar-refractivity contribution in [3.63, 3.8) is 0 Å². The van der Waals surface area contributed by atoms with Gasteiger partial charge in [-0.05, 0) is 38.0 Å². The lowest BCUT2D eigenvalue weighted by Crippen LogP contribution is -2.20. The third-order valence-electron chi connectivity index (χ3n) is 6.20. The number of para-hydroxylation sites is 1. The fourth-order valence-electron chi connectivity index (χ4n) is 4.57. The van der Waals surface area contributed by atoms with Crippen molar-refractivity contribution in [2.45, 2.75) is 33.7 Å². The number of hydrogen-bond acceptors (Lipinski definition) is 2. The molecule has 0 aliphatic heterocycles. The van der Waals surface area contributed by atoms with E-state index in [2.05, 4.69) is 16.7 Å². The van der Waals surface area contributed by atoms with E-state index < -0.39 is 5.91 Å². The standard InChI is InChI=1S/C26H28N4O2/c1-5-21-24(22(25(27)31)18(3)29(21)16-19-12-8-6-9-13-19)23-17(2)28(4)30(26(23)32)20-14-10-7-11-15-20/h6-15H,5,16H2,1-4H3,(H2,27,31). The zero-order chi connectivity index (χ0) is 23.0. The molecule has 0 atom stereocenters. The van der Waals surface area contributed by atoms with Gasteiger partial charge in [0, 0.05) is 36.2 Å². The average Bonchev–Trinajstić information content (AvgIpc) is 3.18. The van der Waals surface area contributed by atoms with E-state index in [1.165, 1.54) is 0 Å². The highest BCUT2D eigenvalue weighted by Gasteiger charge is 2.29. The molecule has 0 saturated heterocycles. The van der Waals surface area contributed by atoms with Gasteiger partial charge in [-0.2, -0.15) is 0 Å². The molecule has 0 fully saturated rings. The van der Waals surface area contributed by atoms with Gasteiger partial charge in [-0.3, -0.25) is 14.3 Å². The van der Waals surface area contributed by atoms with Gasteiger partial charge in [0.1, 0.15) is 0 Å². The molecule has 0 unspecified atom stereocenters. The molecule has 0 spiro atoms. The van der Waals surface area contributed by atoms with Crippen LogP contribution in [0.3, 0.4) is 0 Å². The van der Waals surface area contributed by atoms with E-state index in [-0.39, 0.29) is 5.56 Å². The Labute approximate surface area is 187 Å². The number of nitrogens with zero attached hydrogens (tertiary/aromatic N) is 3. The van der Waals surface area contributed by atoms with Crippen LogP contribution >= 0.6 is 0 Å². The lowest BCUT2D eigenvalue weighted by atomic mass is 9.99. The Bertz CT molecular complexity index is 1340. The molecule has 2 N–H and O–H groups in total. The summed E-state index contributed by atoms with van der Waals surface area (Å²) < 4.78 is 5.59. The fraction of sp³-hybridized carbons (Fsp3) is 0.231. The Hall–Kier alpha value is -3.80. The van der Waals surface area contributed by atoms with Crippen molar-refractivity contribution in [3.8, 4) is 16.8 Å². The van der Waals surface area contributed by atoms with Gasteiger partial charge in [0.2, 0.25) is 0 Å². The van der Waals surface area contributed by atoms with Crippen LogP contribution in [0.5, 0.6) is 0 Å². The zero-order valence-electron chi connectivity index (χ0n) is 18.9. The van der Waals surface area contributed by atoms with Crippen LogP contribution in [0, 0.1) is 13.8 Å². The highest BCUT2D eigenvalue weighted by atomic mass is 16.1. The summed E-state index contributed by atoms with van der Waals surface area (Å²) in [5.74, 6) is -0.520. The second kappa shape index (κ2) is 8.38. The van der Waals surface area contributed by atoms with E-state index in [9.17, 15) is 9.59 Å². The van der Waals surface area contributed by atoms with Gasteiger partial charge in [-0.25, -0.2) is 4.68 Å². The number of hydrogen-bond donors (Lipinski definition) is 1. The number of carbonyl (C=O) groups excluding carboxylic acids is 1. The van der Waals surface area contributed by atoms with Crippen molar-refractivity contribution < 1.29 is 4.79 Å². The summed E-state index contributed by atoms with van der Waals surface area (Å²) in [6.07, 6.45) is 0.662. The van der Waals surface area contributed by atoms with E-state index in [1.807, 2.05) is 81.0 Å². The third kappa shape index (κ3) is 3.38. The third-order valence-corrected chi connectivity index (χ3v) is 6.20. The van der Waals surface area contributed by atoms with Gasteiger partial charge in [0.05, 0.1) is 16.8 Å². The molecule has 4 aromatic rings. The van der Waals surface area contributed by atoms with Gasteiger partial charge >= 0.3 is 0 Å². The molecule has 6 heteroatoms. The van der Waals surface area contributed by atoms with Crippen molar-refractivity contribution in [2.75, 3.05) is 0 Å². The van der Waals surface area contributed by atoms with E-state index in [4.69, 9.17) is 5.73 Å². The number of benzene rings is 2. The van der Waals surface area contributed by atoms with Gasteiger partial charge < -0.3 is 10.3 Å².